The van der Waals surface area contributed by atoms with E-state index in [1.54, 1.807) is 29.2 Å². The molecule has 5 nitrogen and oxygen atoms in total. The molecule has 33 heavy (non-hydrogen) atoms. The summed E-state index contributed by atoms with van der Waals surface area (Å²) in [7, 11) is 0. The second-order valence-corrected chi connectivity index (χ2v) is 10.1. The second-order valence-electron chi connectivity index (χ2n) is 9.64. The summed E-state index contributed by atoms with van der Waals surface area (Å²) in [5.41, 5.74) is 2.43. The summed E-state index contributed by atoms with van der Waals surface area (Å²) in [6.45, 7) is 11.1. The topological polar surface area (TPSA) is 66.8 Å². The van der Waals surface area contributed by atoms with Gasteiger partial charge in [0.2, 0.25) is 0 Å². The van der Waals surface area contributed by atoms with Gasteiger partial charge in [-0.1, -0.05) is 56.6 Å². The van der Waals surface area contributed by atoms with E-state index in [9.17, 15) is 14.7 Å². The summed E-state index contributed by atoms with van der Waals surface area (Å²) in [5, 5.41) is 11.6. The molecule has 1 aliphatic rings. The molecule has 0 saturated carbocycles. The maximum absolute atomic E-state index is 13.1. The first-order chi connectivity index (χ1) is 15.5. The fraction of sp³-hybridized carbons (Fsp3) is 0.407. The van der Waals surface area contributed by atoms with Crippen LogP contribution in [0.25, 0.3) is 5.76 Å². The van der Waals surface area contributed by atoms with Gasteiger partial charge in [-0.15, -0.1) is 0 Å². The van der Waals surface area contributed by atoms with Gasteiger partial charge in [-0.25, -0.2) is 0 Å². The van der Waals surface area contributed by atoms with Gasteiger partial charge in [0, 0.05) is 23.7 Å². The van der Waals surface area contributed by atoms with Gasteiger partial charge >= 0.3 is 0 Å². The number of benzene rings is 2. The smallest absolute Gasteiger partial charge is 0.295 e. The Morgan fingerprint density at radius 1 is 1.06 bits per heavy atom. The van der Waals surface area contributed by atoms with Gasteiger partial charge in [0.25, 0.3) is 11.7 Å². The van der Waals surface area contributed by atoms with Gasteiger partial charge in [-0.2, -0.15) is 0 Å². The summed E-state index contributed by atoms with van der Waals surface area (Å²) in [5.74, 6) is -1.49. The zero-order valence-corrected chi connectivity index (χ0v) is 20.6. The third-order valence-corrected chi connectivity index (χ3v) is 6.00. The summed E-state index contributed by atoms with van der Waals surface area (Å²) in [6, 6.07) is 13.8. The van der Waals surface area contributed by atoms with Crippen molar-refractivity contribution in [3.63, 3.8) is 0 Å². The van der Waals surface area contributed by atoms with Gasteiger partial charge < -0.3 is 14.7 Å². The molecule has 0 aliphatic carbocycles. The Balaban J connectivity index is 2.04. The lowest BCUT2D eigenvalue weighted by atomic mass is 9.85. The van der Waals surface area contributed by atoms with Crippen LogP contribution >= 0.6 is 11.6 Å². The highest BCUT2D eigenvalue weighted by atomic mass is 35.5. The highest BCUT2D eigenvalue weighted by molar-refractivity contribution is 6.46. The molecule has 1 saturated heterocycles. The minimum absolute atomic E-state index is 0.0299. The second kappa shape index (κ2) is 10.1. The lowest BCUT2D eigenvalue weighted by Gasteiger charge is -2.26. The number of carbonyl (C=O) groups excluding carboxylic acids is 2. The van der Waals surface area contributed by atoms with Gasteiger partial charge in [0.1, 0.15) is 5.76 Å². The van der Waals surface area contributed by atoms with Crippen molar-refractivity contribution >= 4 is 29.1 Å². The first-order valence-electron chi connectivity index (χ1n) is 11.3. The Morgan fingerprint density at radius 2 is 1.67 bits per heavy atom. The molecule has 3 rings (SSSR count). The van der Waals surface area contributed by atoms with E-state index >= 15 is 0 Å². The van der Waals surface area contributed by atoms with Gasteiger partial charge in [-0.3, -0.25) is 9.59 Å². The standard InChI is InChI=1S/C27H32ClNO4/c1-17(2)33-16-6-15-29-23(18-7-11-20(12-8-18)27(3,4)5)22(25(31)26(29)32)24(30)19-9-13-21(28)14-10-19/h7-14,17,23,30H,6,15-16H2,1-5H3/t23-/m0/s1. The van der Waals surface area contributed by atoms with E-state index in [-0.39, 0.29) is 22.9 Å². The average Bonchev–Trinajstić information content (AvgIpc) is 3.01. The quantitative estimate of drug-likeness (QED) is 0.238. The van der Waals surface area contributed by atoms with Crippen molar-refractivity contribution in [1.82, 2.24) is 4.90 Å². The van der Waals surface area contributed by atoms with E-state index in [0.29, 0.717) is 30.2 Å². The van der Waals surface area contributed by atoms with Crippen LogP contribution in [0.3, 0.4) is 0 Å². The molecule has 1 aliphatic heterocycles. The number of ketones is 1. The lowest BCUT2D eigenvalue weighted by Crippen LogP contribution is -2.31. The number of likely N-dealkylation sites (tertiary alicyclic amines) is 1. The Kier molecular flexibility index (Phi) is 7.65. The number of carbonyl (C=O) groups is 2. The number of amides is 1. The third-order valence-electron chi connectivity index (χ3n) is 5.74. The number of rotatable bonds is 7. The monoisotopic (exact) mass is 469 g/mol. The predicted octanol–water partition coefficient (Wildman–Crippen LogP) is 5.87. The number of aliphatic hydroxyl groups excluding tert-OH is 1. The van der Waals surface area contributed by atoms with Crippen molar-refractivity contribution in [3.05, 3.63) is 75.8 Å². The highest BCUT2D eigenvalue weighted by Gasteiger charge is 2.45. The number of Topliss-reactive ketones (excluding diaryl/α,β-unsaturated/α-hetero) is 1. The molecule has 1 fully saturated rings. The maximum Gasteiger partial charge on any atom is 0.295 e. The molecule has 2 aromatic rings. The van der Waals surface area contributed by atoms with Crippen LogP contribution in [-0.4, -0.2) is 41.0 Å². The Labute approximate surface area is 201 Å². The lowest BCUT2D eigenvalue weighted by molar-refractivity contribution is -0.140. The molecule has 1 atom stereocenters. The molecule has 0 aromatic heterocycles. The van der Waals surface area contributed by atoms with E-state index < -0.39 is 17.7 Å². The van der Waals surface area contributed by atoms with Gasteiger partial charge in [0.15, 0.2) is 0 Å². The fourth-order valence-electron chi connectivity index (χ4n) is 3.94. The van der Waals surface area contributed by atoms with Crippen LogP contribution in [0.5, 0.6) is 0 Å². The van der Waals surface area contributed by atoms with E-state index in [4.69, 9.17) is 16.3 Å². The van der Waals surface area contributed by atoms with Gasteiger partial charge in [-0.05, 0) is 61.1 Å². The Hall–Kier alpha value is -2.63. The predicted molar refractivity (Wildman–Crippen MR) is 131 cm³/mol. The first-order valence-corrected chi connectivity index (χ1v) is 11.6. The van der Waals surface area contributed by atoms with Gasteiger partial charge in [0.05, 0.1) is 17.7 Å². The fourth-order valence-corrected chi connectivity index (χ4v) is 4.07. The van der Waals surface area contributed by atoms with E-state index in [1.807, 2.05) is 38.1 Å². The van der Waals surface area contributed by atoms with Crippen molar-refractivity contribution in [3.8, 4) is 0 Å². The summed E-state index contributed by atoms with van der Waals surface area (Å²) in [6.07, 6.45) is 0.675. The van der Waals surface area contributed by atoms with Crippen molar-refractivity contribution in [2.24, 2.45) is 0 Å². The molecule has 1 heterocycles. The van der Waals surface area contributed by atoms with Crippen molar-refractivity contribution in [2.45, 2.75) is 58.6 Å². The molecule has 176 valence electrons. The van der Waals surface area contributed by atoms with Crippen LogP contribution < -0.4 is 0 Å². The summed E-state index contributed by atoms with van der Waals surface area (Å²) < 4.78 is 5.62. The van der Waals surface area contributed by atoms with Crippen LogP contribution in [0.1, 0.15) is 63.8 Å². The molecule has 6 heteroatoms. The number of nitrogens with zero attached hydrogens (tertiary/aromatic N) is 1. The zero-order chi connectivity index (χ0) is 24.3. The number of aliphatic hydroxyl groups is 1. The molecule has 2 aromatic carbocycles. The molecule has 0 radical (unpaired) electrons. The average molecular weight is 470 g/mol. The van der Waals surface area contributed by atoms with Crippen LogP contribution in [-0.2, 0) is 19.7 Å². The van der Waals surface area contributed by atoms with Crippen molar-refractivity contribution in [1.29, 1.82) is 0 Å². The van der Waals surface area contributed by atoms with Crippen LogP contribution in [0.4, 0.5) is 0 Å². The Bertz CT molecular complexity index is 1030. The minimum Gasteiger partial charge on any atom is -0.507 e. The molecule has 1 amide bonds. The van der Waals surface area contributed by atoms with Crippen LogP contribution in [0.2, 0.25) is 5.02 Å². The van der Waals surface area contributed by atoms with Crippen LogP contribution in [0, 0.1) is 0 Å². The molecule has 0 spiro atoms. The minimum atomic E-state index is -0.683. The first kappa shape index (κ1) is 25.0. The van der Waals surface area contributed by atoms with Crippen molar-refractivity contribution < 1.29 is 19.4 Å². The van der Waals surface area contributed by atoms with E-state index in [0.717, 1.165) is 11.1 Å². The largest absolute Gasteiger partial charge is 0.507 e. The molecular formula is C27H32ClNO4. The number of halogens is 1. The Morgan fingerprint density at radius 3 is 2.21 bits per heavy atom. The zero-order valence-electron chi connectivity index (χ0n) is 19.9. The maximum atomic E-state index is 13.1. The van der Waals surface area contributed by atoms with Crippen molar-refractivity contribution in [2.75, 3.05) is 13.2 Å². The number of hydrogen-bond acceptors (Lipinski definition) is 4. The highest BCUT2D eigenvalue weighted by Crippen LogP contribution is 2.40. The van der Waals surface area contributed by atoms with Crippen LogP contribution in [0.15, 0.2) is 54.1 Å². The normalized spacial score (nSPS) is 18.4. The van der Waals surface area contributed by atoms with E-state index in [2.05, 4.69) is 20.8 Å². The third kappa shape index (κ3) is 5.66. The number of hydrogen-bond donors (Lipinski definition) is 1. The summed E-state index contributed by atoms with van der Waals surface area (Å²) in [4.78, 5) is 27.6. The molecule has 0 unspecified atom stereocenters. The van der Waals surface area contributed by atoms with E-state index in [1.165, 1.54) is 0 Å². The SMILES string of the molecule is CC(C)OCCCN1C(=O)C(=O)C(=C(O)c2ccc(Cl)cc2)[C@@H]1c1ccc(C(C)(C)C)cc1. The number of ether oxygens (including phenoxy) is 1. The molecule has 1 N–H and O–H groups in total. The summed E-state index contributed by atoms with van der Waals surface area (Å²) >= 11 is 5.98. The molecular weight excluding hydrogens is 438 g/mol. The molecule has 0 bridgehead atoms.